The maximum Gasteiger partial charge on any atom is 0.252 e. The molecular formula is C18H25N3O2. The smallest absolute Gasteiger partial charge is 0.252 e. The van der Waals surface area contributed by atoms with E-state index in [0.717, 1.165) is 36.8 Å². The molecule has 0 aliphatic carbocycles. The van der Waals surface area contributed by atoms with E-state index in [4.69, 9.17) is 4.74 Å². The fourth-order valence-corrected chi connectivity index (χ4v) is 2.27. The number of nitrogens with one attached hydrogen (secondary N) is 2. The molecule has 5 heteroatoms. The molecule has 0 saturated heterocycles. The van der Waals surface area contributed by atoms with Gasteiger partial charge in [-0.1, -0.05) is 38.5 Å². The monoisotopic (exact) mass is 315 g/mol. The van der Waals surface area contributed by atoms with Gasteiger partial charge in [-0.15, -0.1) is 0 Å². The minimum Gasteiger partial charge on any atom is -0.478 e. The average Bonchev–Trinajstić information content (AvgIpc) is 2.58. The third-order valence-electron chi connectivity index (χ3n) is 3.52. The second-order valence-corrected chi connectivity index (χ2v) is 5.34. The van der Waals surface area contributed by atoms with Gasteiger partial charge in [0, 0.05) is 24.5 Å². The average molecular weight is 315 g/mol. The molecule has 0 atom stereocenters. The van der Waals surface area contributed by atoms with Crippen LogP contribution in [0.2, 0.25) is 0 Å². The predicted octanol–water partition coefficient (Wildman–Crippen LogP) is 2.75. The van der Waals surface area contributed by atoms with E-state index in [1.54, 1.807) is 6.07 Å². The van der Waals surface area contributed by atoms with Crippen molar-refractivity contribution in [3.05, 3.63) is 35.9 Å². The fourth-order valence-electron chi connectivity index (χ4n) is 2.27. The highest BCUT2D eigenvalue weighted by atomic mass is 16.5. The lowest BCUT2D eigenvalue weighted by atomic mass is 10.1. The quantitative estimate of drug-likeness (QED) is 0.699. The Bertz CT molecular complexity index is 643. The molecule has 5 nitrogen and oxygen atoms in total. The summed E-state index contributed by atoms with van der Waals surface area (Å²) in [4.78, 5) is 17.0. The number of benzene rings is 1. The first-order valence-corrected chi connectivity index (χ1v) is 8.27. The molecule has 1 aromatic carbocycles. The molecule has 23 heavy (non-hydrogen) atoms. The van der Waals surface area contributed by atoms with E-state index < -0.39 is 0 Å². The van der Waals surface area contributed by atoms with Crippen molar-refractivity contribution in [2.75, 3.05) is 26.2 Å². The minimum absolute atomic E-state index is 0.0955. The van der Waals surface area contributed by atoms with Crippen molar-refractivity contribution < 1.29 is 9.53 Å². The first-order valence-electron chi connectivity index (χ1n) is 8.27. The van der Waals surface area contributed by atoms with Crippen molar-refractivity contribution >= 4 is 16.8 Å². The second-order valence-electron chi connectivity index (χ2n) is 5.34. The van der Waals surface area contributed by atoms with Gasteiger partial charge in [0.15, 0.2) is 0 Å². The number of nitrogens with zero attached hydrogens (tertiary/aromatic N) is 1. The maximum absolute atomic E-state index is 12.5. The number of hydrogen-bond donors (Lipinski definition) is 2. The number of aromatic nitrogens is 1. The maximum atomic E-state index is 12.5. The summed E-state index contributed by atoms with van der Waals surface area (Å²) in [6, 6.07) is 9.38. The lowest BCUT2D eigenvalue weighted by Crippen LogP contribution is -2.31. The molecule has 1 aromatic heterocycles. The lowest BCUT2D eigenvalue weighted by Gasteiger charge is -2.11. The van der Waals surface area contributed by atoms with E-state index in [2.05, 4.69) is 22.5 Å². The van der Waals surface area contributed by atoms with Crippen LogP contribution in [0.4, 0.5) is 0 Å². The molecule has 2 rings (SSSR count). The number of unbranched alkanes of at least 4 members (excludes halogenated alkanes) is 1. The second kappa shape index (κ2) is 9.10. The Morgan fingerprint density at radius 2 is 2.04 bits per heavy atom. The van der Waals surface area contributed by atoms with Gasteiger partial charge >= 0.3 is 0 Å². The Labute approximate surface area is 137 Å². The Morgan fingerprint density at radius 1 is 1.22 bits per heavy atom. The predicted molar refractivity (Wildman–Crippen MR) is 93.0 cm³/mol. The summed E-state index contributed by atoms with van der Waals surface area (Å²) < 4.78 is 5.68. The van der Waals surface area contributed by atoms with Crippen LogP contribution >= 0.6 is 0 Å². The standard InChI is InChI=1S/C18H25N3O2/c1-3-5-12-23-17-13-15(18(22)20-11-10-19-4-2)14-8-6-7-9-16(14)21-17/h6-9,13,19H,3-5,10-12H2,1-2H3,(H,20,22). The van der Waals surface area contributed by atoms with E-state index in [0.29, 0.717) is 24.6 Å². The largest absolute Gasteiger partial charge is 0.478 e. The van der Waals surface area contributed by atoms with Crippen LogP contribution < -0.4 is 15.4 Å². The zero-order chi connectivity index (χ0) is 16.5. The van der Waals surface area contributed by atoms with Crippen molar-refractivity contribution in [2.24, 2.45) is 0 Å². The van der Waals surface area contributed by atoms with E-state index >= 15 is 0 Å². The van der Waals surface area contributed by atoms with Crippen LogP contribution in [0.25, 0.3) is 10.9 Å². The van der Waals surface area contributed by atoms with Crippen LogP contribution in [0, 0.1) is 0 Å². The fraction of sp³-hybridized carbons (Fsp3) is 0.444. The van der Waals surface area contributed by atoms with Crippen molar-refractivity contribution in [2.45, 2.75) is 26.7 Å². The van der Waals surface area contributed by atoms with Crippen LogP contribution in [0.1, 0.15) is 37.0 Å². The Morgan fingerprint density at radius 3 is 2.83 bits per heavy atom. The first-order chi connectivity index (χ1) is 11.3. The number of carbonyl (C=O) groups is 1. The summed E-state index contributed by atoms with van der Waals surface area (Å²) in [5.74, 6) is 0.413. The van der Waals surface area contributed by atoms with Gasteiger partial charge in [-0.25, -0.2) is 4.98 Å². The van der Waals surface area contributed by atoms with E-state index in [-0.39, 0.29) is 5.91 Å². The minimum atomic E-state index is -0.0955. The molecule has 0 aliphatic heterocycles. The SMILES string of the molecule is CCCCOc1cc(C(=O)NCCNCC)c2ccccc2n1. The number of likely N-dealkylation sites (N-methyl/N-ethyl adjacent to an activating group) is 1. The van der Waals surface area contributed by atoms with Crippen LogP contribution in [0.5, 0.6) is 5.88 Å². The van der Waals surface area contributed by atoms with Gasteiger partial charge in [0.1, 0.15) is 0 Å². The number of fused-ring (bicyclic) bond motifs is 1. The molecule has 0 radical (unpaired) electrons. The highest BCUT2D eigenvalue weighted by Crippen LogP contribution is 2.22. The number of hydrogen-bond acceptors (Lipinski definition) is 4. The van der Waals surface area contributed by atoms with Gasteiger partial charge in [-0.3, -0.25) is 4.79 Å². The third kappa shape index (κ3) is 4.93. The number of rotatable bonds is 9. The van der Waals surface area contributed by atoms with Gasteiger partial charge < -0.3 is 15.4 Å². The summed E-state index contributed by atoms with van der Waals surface area (Å²) in [5.41, 5.74) is 1.39. The molecule has 0 saturated carbocycles. The van der Waals surface area contributed by atoms with Gasteiger partial charge in [0.05, 0.1) is 17.7 Å². The zero-order valence-corrected chi connectivity index (χ0v) is 13.9. The van der Waals surface area contributed by atoms with E-state index in [1.165, 1.54) is 0 Å². The molecular weight excluding hydrogens is 290 g/mol. The van der Waals surface area contributed by atoms with E-state index in [1.807, 2.05) is 31.2 Å². The number of carbonyl (C=O) groups excluding carboxylic acids is 1. The molecule has 0 unspecified atom stereocenters. The van der Waals surface area contributed by atoms with Gasteiger partial charge in [0.25, 0.3) is 5.91 Å². The molecule has 0 spiro atoms. The van der Waals surface area contributed by atoms with Crippen molar-refractivity contribution in [1.82, 2.24) is 15.6 Å². The topological polar surface area (TPSA) is 63.2 Å². The first kappa shape index (κ1) is 17.2. The number of para-hydroxylation sites is 1. The van der Waals surface area contributed by atoms with Crippen LogP contribution in [0.3, 0.4) is 0 Å². The summed E-state index contributed by atoms with van der Waals surface area (Å²) in [7, 11) is 0. The highest BCUT2D eigenvalue weighted by Gasteiger charge is 2.13. The summed E-state index contributed by atoms with van der Waals surface area (Å²) in [6.45, 7) is 7.01. The Kier molecular flexibility index (Phi) is 6.81. The van der Waals surface area contributed by atoms with Gasteiger partial charge in [0.2, 0.25) is 5.88 Å². The number of pyridine rings is 1. The summed E-state index contributed by atoms with van der Waals surface area (Å²) in [6.07, 6.45) is 2.03. The molecule has 0 aliphatic rings. The number of ether oxygens (including phenoxy) is 1. The Hall–Kier alpha value is -2.14. The van der Waals surface area contributed by atoms with Gasteiger partial charge in [-0.2, -0.15) is 0 Å². The molecule has 2 N–H and O–H groups in total. The summed E-state index contributed by atoms with van der Waals surface area (Å²) in [5, 5.41) is 6.97. The van der Waals surface area contributed by atoms with Crippen molar-refractivity contribution in [3.63, 3.8) is 0 Å². The molecule has 0 bridgehead atoms. The number of amides is 1. The molecule has 0 fully saturated rings. The van der Waals surface area contributed by atoms with Gasteiger partial charge in [-0.05, 0) is 19.0 Å². The molecule has 1 amide bonds. The third-order valence-corrected chi connectivity index (χ3v) is 3.52. The van der Waals surface area contributed by atoms with Crippen molar-refractivity contribution in [3.8, 4) is 5.88 Å². The zero-order valence-electron chi connectivity index (χ0n) is 13.9. The highest BCUT2D eigenvalue weighted by molar-refractivity contribution is 6.06. The van der Waals surface area contributed by atoms with E-state index in [9.17, 15) is 4.79 Å². The normalized spacial score (nSPS) is 10.7. The van der Waals surface area contributed by atoms with Crippen molar-refractivity contribution in [1.29, 1.82) is 0 Å². The summed E-state index contributed by atoms with van der Waals surface area (Å²) >= 11 is 0. The lowest BCUT2D eigenvalue weighted by molar-refractivity contribution is 0.0955. The molecule has 124 valence electrons. The van der Waals surface area contributed by atoms with Crippen LogP contribution in [-0.2, 0) is 0 Å². The van der Waals surface area contributed by atoms with Crippen LogP contribution in [0.15, 0.2) is 30.3 Å². The Balaban J connectivity index is 2.19. The molecule has 1 heterocycles. The van der Waals surface area contributed by atoms with Crippen LogP contribution in [-0.4, -0.2) is 37.1 Å². The molecule has 2 aromatic rings.